The second-order valence-electron chi connectivity index (χ2n) is 7.19. The molecule has 3 aliphatic rings. The number of halogens is 1. The highest BCUT2D eigenvalue weighted by Crippen LogP contribution is 2.26. The molecule has 7 heteroatoms. The summed E-state index contributed by atoms with van der Waals surface area (Å²) in [4.78, 5) is 17.4. The van der Waals surface area contributed by atoms with Crippen molar-refractivity contribution in [3.63, 3.8) is 0 Å². The largest absolute Gasteiger partial charge is 0.340 e. The Morgan fingerprint density at radius 1 is 1.08 bits per heavy atom. The average Bonchev–Trinajstić information content (AvgIpc) is 3.33. The zero-order valence-corrected chi connectivity index (χ0v) is 15.1. The number of hydrogen-bond acceptors (Lipinski definition) is 5. The fourth-order valence-electron chi connectivity index (χ4n) is 4.14. The summed E-state index contributed by atoms with van der Waals surface area (Å²) >= 11 is 5.96. The van der Waals surface area contributed by atoms with Crippen LogP contribution in [0.2, 0.25) is 5.02 Å². The molecule has 25 heavy (non-hydrogen) atoms. The number of benzene rings is 1. The van der Waals surface area contributed by atoms with Crippen LogP contribution in [0.15, 0.2) is 24.3 Å². The first-order valence-corrected chi connectivity index (χ1v) is 9.58. The Labute approximate surface area is 153 Å². The molecule has 3 heterocycles. The van der Waals surface area contributed by atoms with Gasteiger partial charge in [-0.15, -0.1) is 0 Å². The third-order valence-corrected chi connectivity index (χ3v) is 5.87. The summed E-state index contributed by atoms with van der Waals surface area (Å²) in [5.74, 6) is 0.224. The van der Waals surface area contributed by atoms with Gasteiger partial charge in [-0.05, 0) is 30.5 Å². The van der Waals surface area contributed by atoms with Gasteiger partial charge in [0.1, 0.15) is 6.04 Å². The summed E-state index contributed by atoms with van der Waals surface area (Å²) < 4.78 is 0. The van der Waals surface area contributed by atoms with Crippen molar-refractivity contribution in [1.82, 2.24) is 26.0 Å². The second-order valence-corrected chi connectivity index (χ2v) is 7.63. The molecule has 0 aliphatic carbocycles. The van der Waals surface area contributed by atoms with E-state index in [0.717, 1.165) is 62.7 Å². The van der Waals surface area contributed by atoms with Gasteiger partial charge in [-0.25, -0.2) is 10.9 Å². The monoisotopic (exact) mass is 363 g/mol. The summed E-state index contributed by atoms with van der Waals surface area (Å²) in [6.07, 6.45) is 1.86. The molecule has 3 fully saturated rings. The Bertz CT molecular complexity index is 604. The average molecular weight is 364 g/mol. The molecule has 6 nitrogen and oxygen atoms in total. The van der Waals surface area contributed by atoms with E-state index in [-0.39, 0.29) is 18.0 Å². The van der Waals surface area contributed by atoms with Gasteiger partial charge in [0.2, 0.25) is 5.91 Å². The molecular weight excluding hydrogens is 338 g/mol. The highest BCUT2D eigenvalue weighted by atomic mass is 35.5. The lowest BCUT2D eigenvalue weighted by atomic mass is 10.0. The van der Waals surface area contributed by atoms with E-state index in [1.165, 1.54) is 0 Å². The molecule has 1 aromatic carbocycles. The van der Waals surface area contributed by atoms with E-state index in [9.17, 15) is 4.79 Å². The summed E-state index contributed by atoms with van der Waals surface area (Å²) in [5, 5.41) is 4.13. The molecule has 0 aromatic heterocycles. The molecule has 0 spiro atoms. The molecule has 3 aliphatic heterocycles. The molecule has 0 radical (unpaired) electrons. The van der Waals surface area contributed by atoms with E-state index in [1.807, 2.05) is 29.2 Å². The van der Waals surface area contributed by atoms with E-state index in [0.29, 0.717) is 6.04 Å². The van der Waals surface area contributed by atoms with Crippen molar-refractivity contribution < 1.29 is 4.79 Å². The number of likely N-dealkylation sites (tertiary alicyclic amines) is 1. The van der Waals surface area contributed by atoms with Crippen LogP contribution in [0.5, 0.6) is 0 Å². The fraction of sp³-hybridized carbons (Fsp3) is 0.611. The number of rotatable bonds is 3. The zero-order valence-electron chi connectivity index (χ0n) is 14.4. The highest BCUT2D eigenvalue weighted by molar-refractivity contribution is 6.30. The van der Waals surface area contributed by atoms with Crippen molar-refractivity contribution in [2.24, 2.45) is 0 Å². The van der Waals surface area contributed by atoms with Gasteiger partial charge in [-0.1, -0.05) is 23.7 Å². The first-order valence-electron chi connectivity index (χ1n) is 9.21. The van der Waals surface area contributed by atoms with Crippen LogP contribution in [-0.4, -0.2) is 67.1 Å². The minimum atomic E-state index is -0.151. The summed E-state index contributed by atoms with van der Waals surface area (Å²) in [6.45, 7) is 6.03. The summed E-state index contributed by atoms with van der Waals surface area (Å²) in [6, 6.07) is 8.35. The van der Waals surface area contributed by atoms with Crippen molar-refractivity contribution in [3.05, 3.63) is 34.9 Å². The number of nitrogens with zero attached hydrogens (tertiary/aromatic N) is 2. The molecule has 0 saturated carbocycles. The lowest BCUT2D eigenvalue weighted by molar-refractivity contribution is -0.132. The quantitative estimate of drug-likeness (QED) is 0.740. The molecule has 1 amide bonds. The molecule has 3 saturated heterocycles. The molecule has 4 rings (SSSR count). The van der Waals surface area contributed by atoms with Crippen LogP contribution >= 0.6 is 11.6 Å². The van der Waals surface area contributed by atoms with Crippen LogP contribution in [0.4, 0.5) is 0 Å². The summed E-state index contributed by atoms with van der Waals surface area (Å²) in [5.41, 5.74) is 7.61. The number of hydrazine groups is 1. The van der Waals surface area contributed by atoms with Crippen molar-refractivity contribution in [1.29, 1.82) is 0 Å². The Balaban J connectivity index is 1.32. The minimum absolute atomic E-state index is 0.151. The number of carbonyl (C=O) groups is 1. The predicted molar refractivity (Wildman–Crippen MR) is 98.3 cm³/mol. The van der Waals surface area contributed by atoms with Crippen molar-refractivity contribution in [2.75, 3.05) is 39.3 Å². The molecule has 136 valence electrons. The van der Waals surface area contributed by atoms with E-state index in [2.05, 4.69) is 21.1 Å². The first kappa shape index (κ1) is 17.2. The third-order valence-electron chi connectivity index (χ3n) is 5.62. The van der Waals surface area contributed by atoms with Gasteiger partial charge < -0.3 is 10.2 Å². The molecule has 3 atom stereocenters. The minimum Gasteiger partial charge on any atom is -0.340 e. The maximum absolute atomic E-state index is 12.9. The van der Waals surface area contributed by atoms with Gasteiger partial charge in [0, 0.05) is 56.4 Å². The molecule has 1 aromatic rings. The van der Waals surface area contributed by atoms with Gasteiger partial charge in [0.05, 0.1) is 0 Å². The Morgan fingerprint density at radius 3 is 2.60 bits per heavy atom. The Morgan fingerprint density at radius 2 is 1.84 bits per heavy atom. The number of nitrogens with one attached hydrogen (secondary N) is 3. The SMILES string of the molecule is O=C(C1CC(c2ccc(Cl)cc2)NN1)N1CCC(N2CCNCC2)C1. The van der Waals surface area contributed by atoms with Gasteiger partial charge in [0.25, 0.3) is 0 Å². The maximum atomic E-state index is 12.9. The molecular formula is C18H26ClN5O. The van der Waals surface area contributed by atoms with Crippen molar-refractivity contribution in [2.45, 2.75) is 31.0 Å². The Kier molecular flexibility index (Phi) is 5.24. The number of hydrogen-bond donors (Lipinski definition) is 3. The van der Waals surface area contributed by atoms with Crippen molar-refractivity contribution in [3.8, 4) is 0 Å². The van der Waals surface area contributed by atoms with E-state index >= 15 is 0 Å². The zero-order chi connectivity index (χ0) is 17.2. The van der Waals surface area contributed by atoms with Crippen molar-refractivity contribution >= 4 is 17.5 Å². The Hall–Kier alpha value is -1.18. The predicted octanol–water partition coefficient (Wildman–Crippen LogP) is 0.754. The first-order chi connectivity index (χ1) is 12.2. The van der Waals surface area contributed by atoms with Gasteiger partial charge >= 0.3 is 0 Å². The lowest BCUT2D eigenvalue weighted by Crippen LogP contribution is -2.50. The topological polar surface area (TPSA) is 59.6 Å². The van der Waals surface area contributed by atoms with Crippen LogP contribution in [0.3, 0.4) is 0 Å². The van der Waals surface area contributed by atoms with E-state index < -0.39 is 0 Å². The van der Waals surface area contributed by atoms with Gasteiger partial charge in [-0.2, -0.15) is 0 Å². The molecule has 3 unspecified atom stereocenters. The smallest absolute Gasteiger partial charge is 0.241 e. The lowest BCUT2D eigenvalue weighted by Gasteiger charge is -2.32. The van der Waals surface area contributed by atoms with Crippen LogP contribution in [0.1, 0.15) is 24.4 Å². The summed E-state index contributed by atoms with van der Waals surface area (Å²) in [7, 11) is 0. The third kappa shape index (κ3) is 3.83. The van der Waals surface area contributed by atoms with E-state index in [1.54, 1.807) is 0 Å². The molecule has 0 bridgehead atoms. The maximum Gasteiger partial charge on any atom is 0.241 e. The normalized spacial score (nSPS) is 30.8. The molecule has 3 N–H and O–H groups in total. The van der Waals surface area contributed by atoms with Crippen LogP contribution < -0.4 is 16.2 Å². The number of piperazine rings is 1. The van der Waals surface area contributed by atoms with Gasteiger partial charge in [-0.3, -0.25) is 9.69 Å². The number of amides is 1. The fourth-order valence-corrected chi connectivity index (χ4v) is 4.27. The number of carbonyl (C=O) groups excluding carboxylic acids is 1. The second kappa shape index (κ2) is 7.60. The van der Waals surface area contributed by atoms with Crippen LogP contribution in [-0.2, 0) is 4.79 Å². The van der Waals surface area contributed by atoms with Crippen LogP contribution in [0.25, 0.3) is 0 Å². The van der Waals surface area contributed by atoms with E-state index in [4.69, 9.17) is 11.6 Å². The van der Waals surface area contributed by atoms with Gasteiger partial charge in [0.15, 0.2) is 0 Å². The standard InChI is InChI=1S/C18H26ClN5O/c19-14-3-1-13(2-4-14)16-11-17(22-21-16)18(25)24-8-5-15(12-24)23-9-6-20-7-10-23/h1-4,15-17,20-22H,5-12H2. The highest BCUT2D eigenvalue weighted by Gasteiger charge is 2.37. The van der Waals surface area contributed by atoms with Crippen LogP contribution in [0, 0.1) is 0 Å².